The number of fused-ring (bicyclic) bond motifs is 1. The molecule has 0 aliphatic carbocycles. The molecule has 172 valence electrons. The summed E-state index contributed by atoms with van der Waals surface area (Å²) in [6.45, 7) is 7.66. The van der Waals surface area contributed by atoms with Gasteiger partial charge in [0.05, 0.1) is 5.70 Å². The number of carbonyl (C=O) groups excluding carboxylic acids is 1. The Morgan fingerprint density at radius 3 is 2.79 bits per heavy atom. The fraction of sp³-hybridized carbons (Fsp3) is 0.346. The number of hydrogen-bond acceptors (Lipinski definition) is 5. The molecule has 1 amide bonds. The second-order valence-corrected chi connectivity index (χ2v) is 8.85. The van der Waals surface area contributed by atoms with E-state index in [-0.39, 0.29) is 12.0 Å². The first kappa shape index (κ1) is 23.1. The summed E-state index contributed by atoms with van der Waals surface area (Å²) in [6.07, 6.45) is 3.51. The van der Waals surface area contributed by atoms with Crippen LogP contribution in [0.5, 0.6) is 5.75 Å². The monoisotopic (exact) mass is 464 g/mol. The number of ether oxygens (including phenoxy) is 1. The average molecular weight is 465 g/mol. The van der Waals surface area contributed by atoms with Crippen molar-refractivity contribution in [2.45, 2.75) is 39.7 Å². The fourth-order valence-corrected chi connectivity index (χ4v) is 4.38. The van der Waals surface area contributed by atoms with E-state index in [0.29, 0.717) is 24.5 Å². The number of allylic oxidation sites excluding steroid dienone is 2. The molecule has 33 heavy (non-hydrogen) atoms. The Morgan fingerprint density at radius 1 is 1.21 bits per heavy atom. The van der Waals surface area contributed by atoms with Crippen LogP contribution in [0.4, 0.5) is 0 Å². The van der Waals surface area contributed by atoms with Crippen molar-refractivity contribution < 1.29 is 9.53 Å². The standard InChI is InChI=1S/C26H29ClN4O2/c1-17-18(2)29-30-28-12-9-26(33-23-6-4-5-22(27)16-23)25-15-21(7-8-24(17)25)20-10-13-31(14-11-20)19(3)32/h4-8,10,15-16,26H,9,11-14H2,1-3H3,(H,28,29)/b18-17+. The largest absolute Gasteiger partial charge is 0.486 e. The van der Waals surface area contributed by atoms with Crippen molar-refractivity contribution in [1.29, 1.82) is 0 Å². The molecular formula is C26H29ClN4O2. The Bertz CT molecular complexity index is 1140. The Morgan fingerprint density at radius 2 is 2.06 bits per heavy atom. The van der Waals surface area contributed by atoms with Crippen molar-refractivity contribution in [1.82, 2.24) is 10.3 Å². The summed E-state index contributed by atoms with van der Waals surface area (Å²) in [7, 11) is 0. The van der Waals surface area contributed by atoms with E-state index in [4.69, 9.17) is 16.3 Å². The molecule has 0 bridgehead atoms. The third-order valence-electron chi connectivity index (χ3n) is 6.23. The van der Waals surface area contributed by atoms with Gasteiger partial charge in [-0.05, 0) is 66.8 Å². The number of amides is 1. The molecule has 0 radical (unpaired) electrons. The van der Waals surface area contributed by atoms with E-state index in [1.54, 1.807) is 6.92 Å². The minimum atomic E-state index is -0.195. The van der Waals surface area contributed by atoms with E-state index < -0.39 is 0 Å². The van der Waals surface area contributed by atoms with Gasteiger partial charge in [-0.15, -0.1) is 5.11 Å². The van der Waals surface area contributed by atoms with Gasteiger partial charge in [-0.2, -0.15) is 0 Å². The van der Waals surface area contributed by atoms with Gasteiger partial charge in [0, 0.05) is 43.6 Å². The van der Waals surface area contributed by atoms with E-state index in [2.05, 4.69) is 47.0 Å². The molecule has 0 spiro atoms. The van der Waals surface area contributed by atoms with Crippen LogP contribution >= 0.6 is 11.6 Å². The van der Waals surface area contributed by atoms with Gasteiger partial charge in [0.1, 0.15) is 11.9 Å². The molecule has 0 saturated heterocycles. The predicted octanol–water partition coefficient (Wildman–Crippen LogP) is 6.21. The number of rotatable bonds is 3. The van der Waals surface area contributed by atoms with Gasteiger partial charge >= 0.3 is 0 Å². The van der Waals surface area contributed by atoms with Crippen LogP contribution in [0.3, 0.4) is 0 Å². The topological polar surface area (TPSA) is 66.3 Å². The van der Waals surface area contributed by atoms with Crippen molar-refractivity contribution in [3.8, 4) is 5.75 Å². The van der Waals surface area contributed by atoms with E-state index in [9.17, 15) is 4.79 Å². The molecule has 0 fully saturated rings. The predicted molar refractivity (Wildman–Crippen MR) is 132 cm³/mol. The molecule has 2 aromatic rings. The lowest BCUT2D eigenvalue weighted by molar-refractivity contribution is -0.128. The molecule has 7 heteroatoms. The van der Waals surface area contributed by atoms with Crippen molar-refractivity contribution >= 4 is 28.7 Å². The fourth-order valence-electron chi connectivity index (χ4n) is 4.20. The highest BCUT2D eigenvalue weighted by atomic mass is 35.5. The molecule has 2 aliphatic rings. The number of benzene rings is 2. The average Bonchev–Trinajstić information content (AvgIpc) is 2.82. The SMILES string of the molecule is CC(=O)N1CC=C(c2ccc3c(c2)C(Oc2cccc(Cl)c2)CCN/N=N\C(C)=C\3C)CC1. The van der Waals surface area contributed by atoms with Crippen molar-refractivity contribution in [3.05, 3.63) is 76.0 Å². The van der Waals surface area contributed by atoms with Crippen molar-refractivity contribution in [2.24, 2.45) is 10.3 Å². The van der Waals surface area contributed by atoms with Gasteiger partial charge in [0.25, 0.3) is 0 Å². The zero-order valence-electron chi connectivity index (χ0n) is 19.3. The normalized spacial score (nSPS) is 22.0. The number of carbonyl (C=O) groups is 1. The van der Waals surface area contributed by atoms with Gasteiger partial charge in [-0.1, -0.05) is 41.1 Å². The summed E-state index contributed by atoms with van der Waals surface area (Å²) in [5, 5.41) is 9.05. The van der Waals surface area contributed by atoms with Gasteiger partial charge in [0.15, 0.2) is 0 Å². The summed E-state index contributed by atoms with van der Waals surface area (Å²) in [5.41, 5.74) is 9.57. The number of hydrogen-bond donors (Lipinski definition) is 1. The maximum absolute atomic E-state index is 11.7. The molecular weight excluding hydrogens is 436 g/mol. The van der Waals surface area contributed by atoms with Gasteiger partial charge in [0.2, 0.25) is 5.91 Å². The Kier molecular flexibility index (Phi) is 7.14. The smallest absolute Gasteiger partial charge is 0.219 e. The summed E-state index contributed by atoms with van der Waals surface area (Å²) in [4.78, 5) is 13.6. The van der Waals surface area contributed by atoms with Crippen LogP contribution in [-0.4, -0.2) is 30.4 Å². The Labute approximate surface area is 200 Å². The zero-order valence-corrected chi connectivity index (χ0v) is 20.0. The Balaban J connectivity index is 1.76. The third kappa shape index (κ3) is 5.45. The van der Waals surface area contributed by atoms with Crippen molar-refractivity contribution in [3.63, 3.8) is 0 Å². The van der Waals surface area contributed by atoms with E-state index in [0.717, 1.165) is 46.7 Å². The van der Waals surface area contributed by atoms with E-state index in [1.807, 2.05) is 36.1 Å². The van der Waals surface area contributed by atoms with E-state index >= 15 is 0 Å². The molecule has 4 rings (SSSR count). The molecule has 0 saturated carbocycles. The van der Waals surface area contributed by atoms with Gasteiger partial charge in [-0.25, -0.2) is 0 Å². The molecule has 1 unspecified atom stereocenters. The highest BCUT2D eigenvalue weighted by Crippen LogP contribution is 2.36. The summed E-state index contributed by atoms with van der Waals surface area (Å²) >= 11 is 6.21. The summed E-state index contributed by atoms with van der Waals surface area (Å²) < 4.78 is 6.48. The lowest BCUT2D eigenvalue weighted by Gasteiger charge is -2.27. The number of nitrogens with zero attached hydrogens (tertiary/aromatic N) is 3. The Hall–Kier alpha value is -3.12. The number of nitrogens with one attached hydrogen (secondary N) is 1. The molecule has 2 aliphatic heterocycles. The molecule has 1 N–H and O–H groups in total. The highest BCUT2D eigenvalue weighted by Gasteiger charge is 2.22. The molecule has 2 heterocycles. The molecule has 6 nitrogen and oxygen atoms in total. The first-order valence-electron chi connectivity index (χ1n) is 11.2. The van der Waals surface area contributed by atoms with E-state index in [1.165, 1.54) is 5.57 Å². The second kappa shape index (κ2) is 10.2. The molecule has 1 atom stereocenters. The van der Waals surface area contributed by atoms with Crippen molar-refractivity contribution in [2.75, 3.05) is 19.6 Å². The van der Waals surface area contributed by atoms with Gasteiger partial charge in [-0.3, -0.25) is 10.2 Å². The van der Waals surface area contributed by atoms with Crippen LogP contribution in [0.1, 0.15) is 56.4 Å². The van der Waals surface area contributed by atoms with Crippen LogP contribution in [0.15, 0.2) is 64.6 Å². The molecule has 0 aromatic heterocycles. The third-order valence-corrected chi connectivity index (χ3v) is 6.47. The van der Waals surface area contributed by atoms with Crippen LogP contribution in [0.25, 0.3) is 11.1 Å². The minimum Gasteiger partial charge on any atom is -0.486 e. The summed E-state index contributed by atoms with van der Waals surface area (Å²) in [6, 6.07) is 14.0. The maximum Gasteiger partial charge on any atom is 0.219 e. The van der Waals surface area contributed by atoms with Crippen LogP contribution in [0, 0.1) is 0 Å². The summed E-state index contributed by atoms with van der Waals surface area (Å²) in [5.74, 6) is 0.846. The highest BCUT2D eigenvalue weighted by molar-refractivity contribution is 6.30. The molecule has 2 aromatic carbocycles. The van der Waals surface area contributed by atoms with Gasteiger partial charge < -0.3 is 9.64 Å². The lowest BCUT2D eigenvalue weighted by atomic mass is 9.89. The van der Waals surface area contributed by atoms with Crippen LogP contribution in [0.2, 0.25) is 5.02 Å². The second-order valence-electron chi connectivity index (χ2n) is 8.42. The van der Waals surface area contributed by atoms with Crippen LogP contribution < -0.4 is 10.2 Å². The first-order valence-corrected chi connectivity index (χ1v) is 11.6. The van der Waals surface area contributed by atoms with Crippen LogP contribution in [-0.2, 0) is 4.79 Å². The number of halogens is 1. The zero-order chi connectivity index (χ0) is 23.4. The minimum absolute atomic E-state index is 0.115. The lowest BCUT2D eigenvalue weighted by Crippen LogP contribution is -2.32. The maximum atomic E-state index is 11.7. The quantitative estimate of drug-likeness (QED) is 0.587. The first-order chi connectivity index (χ1) is 15.9.